The summed E-state index contributed by atoms with van der Waals surface area (Å²) in [5, 5.41) is 13.4. The van der Waals surface area contributed by atoms with Gasteiger partial charge in [0.2, 0.25) is 45.6 Å². The summed E-state index contributed by atoms with van der Waals surface area (Å²) in [5.41, 5.74) is 32.7. The van der Waals surface area contributed by atoms with E-state index in [0.717, 1.165) is 144 Å². The molecule has 12 heteroatoms. The Morgan fingerprint density at radius 1 is 0.308 bits per heavy atom. The number of aryl methyl sites for hydroxylation is 11. The van der Waals surface area contributed by atoms with Crippen LogP contribution in [0, 0.1) is 66.2 Å². The lowest BCUT2D eigenvalue weighted by molar-refractivity contribution is -0.660. The van der Waals surface area contributed by atoms with Gasteiger partial charge in [0.25, 0.3) is 0 Å². The lowest BCUT2D eigenvalue weighted by Crippen LogP contribution is -2.31. The Morgan fingerprint density at radius 2 is 0.650 bits per heavy atom. The van der Waals surface area contributed by atoms with E-state index >= 15 is 0 Å². The van der Waals surface area contributed by atoms with Gasteiger partial charge in [-0.15, -0.1) is 0 Å². The van der Waals surface area contributed by atoms with E-state index in [4.69, 9.17) is 37.6 Å². The van der Waals surface area contributed by atoms with Gasteiger partial charge in [-0.25, -0.2) is 38.2 Å². The lowest BCUT2D eigenvalue weighted by Gasteiger charge is -2.21. The molecule has 2 aliphatic carbocycles. The number of hydrogen-bond donors (Lipinski definition) is 0. The molecule has 2 saturated carbocycles. The first-order valence-corrected chi connectivity index (χ1v) is 43.1. The zero-order valence-electron chi connectivity index (χ0n) is 71.4. The molecule has 2 aliphatic rings. The highest BCUT2D eigenvalue weighted by molar-refractivity contribution is 6.16. The molecule has 20 aromatic rings. The summed E-state index contributed by atoms with van der Waals surface area (Å²) < 4.78 is 34.5. The molecule has 0 saturated heterocycles. The predicted molar refractivity (Wildman–Crippen MR) is 490 cm³/mol. The third-order valence-electron chi connectivity index (χ3n) is 25.8. The fourth-order valence-corrected chi connectivity index (χ4v) is 19.4. The molecule has 0 bridgehead atoms. The number of fused-ring (bicyclic) bond motifs is 16. The second kappa shape index (κ2) is 31.8. The number of benzene rings is 8. The van der Waals surface area contributed by atoms with E-state index in [2.05, 4.69) is 285 Å². The van der Waals surface area contributed by atoms with Crippen molar-refractivity contribution in [1.29, 1.82) is 0 Å². The SMILES string of the molecule is Cc1cc(-c2c(C)cc(C)c3c2oc2nc4ccccc4cc23)[n+](C)cc1C.Cc1ccc2c(oc3nc4ccccc4cc32)c1-c1cc(CC(C)C)cc[n+]1C.Cc1ccc2c(oc3nc4ccccc4cc32)c1-c1cc(CC2CCCC2)cc[n+]1C.Cc1ccc2c(oc3nc4ccccc4cc32)c1-c1cc(CC2CCCCC2)cc[n+]1C. The molecule has 120 heavy (non-hydrogen) atoms. The molecule has 0 unspecified atom stereocenters. The average Bonchev–Trinajstić information content (AvgIpc) is 1.61. The van der Waals surface area contributed by atoms with Gasteiger partial charge in [-0.1, -0.05) is 187 Å². The first-order valence-electron chi connectivity index (χ1n) is 43.1. The van der Waals surface area contributed by atoms with Gasteiger partial charge in [0.15, 0.2) is 47.1 Å². The molecule has 0 radical (unpaired) electrons. The maximum Gasteiger partial charge on any atom is 0.227 e. The van der Waals surface area contributed by atoms with Gasteiger partial charge in [-0.05, 0) is 184 Å². The van der Waals surface area contributed by atoms with Gasteiger partial charge >= 0.3 is 0 Å². The molecule has 22 rings (SSSR count). The molecule has 0 N–H and O–H groups in total. The van der Waals surface area contributed by atoms with Crippen LogP contribution in [0.25, 0.3) is 177 Å². The highest BCUT2D eigenvalue weighted by Gasteiger charge is 2.30. The standard InChI is InChI=1S/C29H29N2O.C28H27N2O.C26H25N2O.C25H23N2O/c1-19-12-13-23-24-18-22-10-6-7-11-25(22)30-29(24)32-28(23)27(19)26-17-21(14-15-31(26)2)16-20-8-4-3-5-9-20;1-18-11-12-22-23-17-21-9-5-6-10-24(21)29-28(23)31-27(22)26(18)25-16-20(13-14-30(25)2)15-19-7-3-4-8-19;1-16(2)13-18-11-12-28(4)23(14-18)24-17(3)9-10-20-21-15-19-7-5-6-8-22(19)27-26(21)29-25(20)24;1-14-11-21(27(5)13-17(14)4)23-16(3)10-15(2)22-19-12-18-8-6-7-9-20(18)26-25(19)28-24(22)23/h6-7,10-15,17-18,20H,3-5,8-9,16H2,1-2H3;5-6,9-14,16-17,19H,3-4,7-8,15H2,1-2H3;5-12,14-16H,13H2,1-4H3;6-13H,1-5H3/q4*+1. The van der Waals surface area contributed by atoms with Crippen molar-refractivity contribution in [3.05, 3.63) is 287 Å². The van der Waals surface area contributed by atoms with E-state index in [1.807, 2.05) is 54.6 Å². The summed E-state index contributed by atoms with van der Waals surface area (Å²) in [6.45, 7) is 19.6. The Balaban J connectivity index is 0.000000106. The molecular formula is C108H104N8O4+4. The van der Waals surface area contributed by atoms with Gasteiger partial charge in [-0.3, -0.25) is 0 Å². The van der Waals surface area contributed by atoms with Crippen LogP contribution in [-0.2, 0) is 47.5 Å². The van der Waals surface area contributed by atoms with E-state index in [0.29, 0.717) is 28.8 Å². The van der Waals surface area contributed by atoms with Gasteiger partial charge in [0, 0.05) is 113 Å². The van der Waals surface area contributed by atoms with Gasteiger partial charge < -0.3 is 17.7 Å². The van der Waals surface area contributed by atoms with Gasteiger partial charge in [0.05, 0.1) is 44.3 Å². The minimum absolute atomic E-state index is 0.621. The molecule has 0 atom stereocenters. The largest absolute Gasteiger partial charge is 0.437 e. The zero-order valence-corrected chi connectivity index (χ0v) is 71.4. The highest BCUT2D eigenvalue weighted by Crippen LogP contribution is 2.44. The van der Waals surface area contributed by atoms with E-state index in [-0.39, 0.29) is 0 Å². The maximum absolute atomic E-state index is 6.45. The Kier molecular flexibility index (Phi) is 20.5. The van der Waals surface area contributed by atoms with Crippen molar-refractivity contribution < 1.29 is 35.9 Å². The summed E-state index contributed by atoms with van der Waals surface area (Å²) in [6.07, 6.45) is 24.6. The third-order valence-corrected chi connectivity index (χ3v) is 25.8. The minimum Gasteiger partial charge on any atom is -0.437 e. The van der Waals surface area contributed by atoms with Crippen LogP contribution in [0.2, 0.25) is 0 Å². The van der Waals surface area contributed by atoms with Crippen LogP contribution in [0.4, 0.5) is 0 Å². The van der Waals surface area contributed by atoms with Crippen LogP contribution in [0.5, 0.6) is 0 Å². The maximum atomic E-state index is 6.45. The molecule has 596 valence electrons. The number of hydrogen-bond acceptors (Lipinski definition) is 8. The van der Waals surface area contributed by atoms with Gasteiger partial charge in [-0.2, -0.15) is 0 Å². The van der Waals surface area contributed by atoms with Crippen LogP contribution in [0.3, 0.4) is 0 Å². The van der Waals surface area contributed by atoms with Crippen molar-refractivity contribution in [2.24, 2.45) is 45.9 Å². The Bertz CT molecular complexity index is 7450. The fourth-order valence-electron chi connectivity index (χ4n) is 19.4. The second-order valence-corrected chi connectivity index (χ2v) is 34.9. The molecule has 12 nitrogen and oxygen atoms in total. The number of rotatable bonds is 10. The van der Waals surface area contributed by atoms with Crippen molar-refractivity contribution in [2.45, 2.75) is 139 Å². The average molecular weight is 1580 g/mol. The predicted octanol–water partition coefficient (Wildman–Crippen LogP) is 25.7. The van der Waals surface area contributed by atoms with Crippen molar-refractivity contribution in [1.82, 2.24) is 19.9 Å². The summed E-state index contributed by atoms with van der Waals surface area (Å²) >= 11 is 0. The fraction of sp³-hybridized carbons (Fsp3) is 0.259. The Morgan fingerprint density at radius 3 is 1.06 bits per heavy atom. The quantitative estimate of drug-likeness (QED) is 0.124. The van der Waals surface area contributed by atoms with Crippen LogP contribution in [0.15, 0.2) is 249 Å². The molecular weight excluding hydrogens is 1470 g/mol. The molecule has 0 spiro atoms. The summed E-state index contributed by atoms with van der Waals surface area (Å²) in [5.74, 6) is 2.28. The molecule has 12 aromatic heterocycles. The zero-order chi connectivity index (χ0) is 82.3. The van der Waals surface area contributed by atoms with Crippen molar-refractivity contribution >= 4 is 132 Å². The monoisotopic (exact) mass is 1580 g/mol. The minimum atomic E-state index is 0.621. The lowest BCUT2D eigenvalue weighted by atomic mass is 9.85. The molecule has 2 fully saturated rings. The molecule has 0 aliphatic heterocycles. The molecule has 8 aromatic carbocycles. The van der Waals surface area contributed by atoms with Crippen LogP contribution in [0.1, 0.15) is 127 Å². The first kappa shape index (κ1) is 77.1. The first-order chi connectivity index (χ1) is 58.3. The highest BCUT2D eigenvalue weighted by atomic mass is 16.4. The van der Waals surface area contributed by atoms with E-state index in [1.54, 1.807) is 0 Å². The van der Waals surface area contributed by atoms with Crippen LogP contribution >= 0.6 is 0 Å². The Hall–Kier alpha value is -12.8. The second-order valence-electron chi connectivity index (χ2n) is 34.9. The van der Waals surface area contributed by atoms with Gasteiger partial charge in [0.1, 0.15) is 28.2 Å². The molecule has 0 amide bonds. The van der Waals surface area contributed by atoms with Crippen molar-refractivity contribution in [3.63, 3.8) is 0 Å². The van der Waals surface area contributed by atoms with Crippen molar-refractivity contribution in [3.8, 4) is 45.0 Å². The number of pyridine rings is 8. The molecule has 12 heterocycles. The number of furan rings is 4. The smallest absolute Gasteiger partial charge is 0.227 e. The van der Waals surface area contributed by atoms with Crippen molar-refractivity contribution in [2.75, 3.05) is 0 Å². The summed E-state index contributed by atoms with van der Waals surface area (Å²) in [7, 11) is 8.46. The topological polar surface area (TPSA) is 120 Å². The number of aromatic nitrogens is 8. The van der Waals surface area contributed by atoms with E-state index < -0.39 is 0 Å². The van der Waals surface area contributed by atoms with E-state index in [9.17, 15) is 0 Å². The number of nitrogens with zero attached hydrogens (tertiary/aromatic N) is 8. The summed E-state index contributed by atoms with van der Waals surface area (Å²) in [6, 6.07) is 73.2. The van der Waals surface area contributed by atoms with Crippen LogP contribution in [-0.4, -0.2) is 19.9 Å². The normalized spacial score (nSPS) is 13.5. The van der Waals surface area contributed by atoms with E-state index in [1.165, 1.54) is 154 Å². The Labute approximate surface area is 700 Å². The summed E-state index contributed by atoms with van der Waals surface area (Å²) in [4.78, 5) is 19.2. The van der Waals surface area contributed by atoms with Crippen LogP contribution < -0.4 is 18.3 Å². The third kappa shape index (κ3) is 14.5. The number of para-hydroxylation sites is 4.